The summed E-state index contributed by atoms with van der Waals surface area (Å²) < 4.78 is 0. The van der Waals surface area contributed by atoms with E-state index in [9.17, 15) is 9.59 Å². The molecule has 0 aliphatic carbocycles. The molecule has 4 N–H and O–H groups in total. The zero-order valence-electron chi connectivity index (χ0n) is 9.33. The van der Waals surface area contributed by atoms with Gasteiger partial charge in [0, 0.05) is 18.7 Å². The topological polar surface area (TPSA) is 94.2 Å². The summed E-state index contributed by atoms with van der Waals surface area (Å²) in [7, 11) is 0. The van der Waals surface area contributed by atoms with Crippen LogP contribution < -0.4 is 10.6 Å². The van der Waals surface area contributed by atoms with Gasteiger partial charge in [-0.15, -0.1) is 12.3 Å². The predicted molar refractivity (Wildman–Crippen MR) is 63.0 cm³/mol. The second-order valence-corrected chi connectivity index (χ2v) is 3.38. The molecule has 1 aromatic rings. The predicted octanol–water partition coefficient (Wildman–Crippen LogP) is 1.17. The SMILES string of the molecule is C#CCCNC(=O)Nc1cc(C)[nH]c1C(=O)O. The first-order chi connectivity index (χ1) is 8.04. The first kappa shape index (κ1) is 12.6. The van der Waals surface area contributed by atoms with Crippen LogP contribution in [-0.4, -0.2) is 28.6 Å². The molecule has 90 valence electrons. The highest BCUT2D eigenvalue weighted by Crippen LogP contribution is 2.16. The Kier molecular flexibility index (Phi) is 4.17. The van der Waals surface area contributed by atoms with Gasteiger partial charge < -0.3 is 20.7 Å². The fourth-order valence-corrected chi connectivity index (χ4v) is 1.27. The van der Waals surface area contributed by atoms with Gasteiger partial charge in [0.25, 0.3) is 0 Å². The van der Waals surface area contributed by atoms with Crippen molar-refractivity contribution in [2.45, 2.75) is 13.3 Å². The van der Waals surface area contributed by atoms with E-state index < -0.39 is 12.0 Å². The number of carbonyl (C=O) groups excluding carboxylic acids is 1. The first-order valence-electron chi connectivity index (χ1n) is 4.95. The number of nitrogens with one attached hydrogen (secondary N) is 3. The third kappa shape index (κ3) is 3.57. The summed E-state index contributed by atoms with van der Waals surface area (Å²) in [4.78, 5) is 24.9. The van der Waals surface area contributed by atoms with Gasteiger partial charge in [0.2, 0.25) is 0 Å². The van der Waals surface area contributed by atoms with Gasteiger partial charge in [-0.3, -0.25) is 0 Å². The average molecular weight is 235 g/mol. The van der Waals surface area contributed by atoms with E-state index in [4.69, 9.17) is 11.5 Å². The minimum atomic E-state index is -1.13. The smallest absolute Gasteiger partial charge is 0.354 e. The quantitative estimate of drug-likeness (QED) is 0.466. The molecule has 0 aliphatic rings. The number of aryl methyl sites for hydroxylation is 1. The number of hydrogen-bond acceptors (Lipinski definition) is 2. The lowest BCUT2D eigenvalue weighted by atomic mass is 10.3. The Morgan fingerprint density at radius 3 is 2.88 bits per heavy atom. The molecule has 0 saturated heterocycles. The van der Waals surface area contributed by atoms with E-state index in [0.717, 1.165) is 0 Å². The summed E-state index contributed by atoms with van der Waals surface area (Å²) in [6, 6.07) is 1.06. The summed E-state index contributed by atoms with van der Waals surface area (Å²) in [5.74, 6) is 1.25. The van der Waals surface area contributed by atoms with Gasteiger partial charge >= 0.3 is 12.0 Å². The molecule has 0 fully saturated rings. The fraction of sp³-hybridized carbons (Fsp3) is 0.273. The number of urea groups is 1. The van der Waals surface area contributed by atoms with Crippen LogP contribution in [0.3, 0.4) is 0 Å². The number of amides is 2. The molecule has 1 heterocycles. The molecule has 0 aliphatic heterocycles. The maximum absolute atomic E-state index is 11.4. The maximum Gasteiger partial charge on any atom is 0.354 e. The minimum Gasteiger partial charge on any atom is -0.477 e. The van der Waals surface area contributed by atoms with Gasteiger partial charge in [-0.1, -0.05) is 0 Å². The monoisotopic (exact) mass is 235 g/mol. The summed E-state index contributed by atoms with van der Waals surface area (Å²) in [5, 5.41) is 13.8. The van der Waals surface area contributed by atoms with Crippen LogP contribution in [0.5, 0.6) is 0 Å². The van der Waals surface area contributed by atoms with E-state index in [-0.39, 0.29) is 11.4 Å². The van der Waals surface area contributed by atoms with Crippen LogP contribution in [0, 0.1) is 19.3 Å². The first-order valence-corrected chi connectivity index (χ1v) is 4.95. The molecule has 0 aromatic carbocycles. The molecular weight excluding hydrogens is 222 g/mol. The van der Waals surface area contributed by atoms with Crippen molar-refractivity contribution in [3.63, 3.8) is 0 Å². The molecule has 2 amide bonds. The number of aromatic amines is 1. The van der Waals surface area contributed by atoms with E-state index in [2.05, 4.69) is 21.5 Å². The zero-order valence-corrected chi connectivity index (χ0v) is 9.33. The number of carboxylic acids is 1. The van der Waals surface area contributed by atoms with Gasteiger partial charge in [0.15, 0.2) is 0 Å². The van der Waals surface area contributed by atoms with Gasteiger partial charge in [-0.25, -0.2) is 9.59 Å². The van der Waals surface area contributed by atoms with Gasteiger partial charge in [0.05, 0.1) is 5.69 Å². The number of H-pyrrole nitrogens is 1. The van der Waals surface area contributed by atoms with E-state index in [1.165, 1.54) is 0 Å². The molecule has 6 nitrogen and oxygen atoms in total. The van der Waals surface area contributed by atoms with Crippen LogP contribution in [0.2, 0.25) is 0 Å². The molecule has 17 heavy (non-hydrogen) atoms. The lowest BCUT2D eigenvalue weighted by molar-refractivity contribution is 0.0692. The molecule has 0 atom stereocenters. The molecule has 1 rings (SSSR count). The third-order valence-electron chi connectivity index (χ3n) is 1.97. The van der Waals surface area contributed by atoms with Crippen molar-refractivity contribution < 1.29 is 14.7 Å². The van der Waals surface area contributed by atoms with Crippen LogP contribution in [0.25, 0.3) is 0 Å². The maximum atomic E-state index is 11.4. The van der Waals surface area contributed by atoms with Crippen molar-refractivity contribution in [2.24, 2.45) is 0 Å². The number of rotatable bonds is 4. The van der Waals surface area contributed by atoms with Crippen molar-refractivity contribution >= 4 is 17.7 Å². The number of carboxylic acid groups (broad SMARTS) is 1. The Balaban J connectivity index is 2.65. The molecule has 0 saturated carbocycles. The van der Waals surface area contributed by atoms with Gasteiger partial charge in [-0.2, -0.15) is 0 Å². The molecule has 0 bridgehead atoms. The van der Waals surface area contributed by atoms with E-state index >= 15 is 0 Å². The Hall–Kier alpha value is -2.42. The van der Waals surface area contributed by atoms with E-state index in [0.29, 0.717) is 18.7 Å². The summed E-state index contributed by atoms with van der Waals surface area (Å²) in [6.45, 7) is 2.04. The lowest BCUT2D eigenvalue weighted by Gasteiger charge is -2.05. The highest BCUT2D eigenvalue weighted by Gasteiger charge is 2.14. The normalized spacial score (nSPS) is 9.41. The highest BCUT2D eigenvalue weighted by molar-refractivity contribution is 5.99. The van der Waals surface area contributed by atoms with Crippen LogP contribution >= 0.6 is 0 Å². The molecular formula is C11H13N3O3. The Bertz CT molecular complexity index is 471. The summed E-state index contributed by atoms with van der Waals surface area (Å²) in [6.07, 6.45) is 5.45. The number of anilines is 1. The van der Waals surface area contributed by atoms with E-state index in [1.807, 2.05) is 0 Å². The van der Waals surface area contributed by atoms with Crippen molar-refractivity contribution in [1.29, 1.82) is 0 Å². The zero-order chi connectivity index (χ0) is 12.8. The molecule has 6 heteroatoms. The number of carbonyl (C=O) groups is 2. The standard InChI is InChI=1S/C11H13N3O3/c1-3-4-5-12-11(17)14-8-6-7(2)13-9(8)10(15)16/h1,6,13H,4-5H2,2H3,(H,15,16)(H2,12,14,17). The summed E-state index contributed by atoms with van der Waals surface area (Å²) in [5.41, 5.74) is 0.837. The fourth-order valence-electron chi connectivity index (χ4n) is 1.27. The molecule has 0 spiro atoms. The Morgan fingerprint density at radius 1 is 1.59 bits per heavy atom. The minimum absolute atomic E-state index is 0.0467. The number of terminal acetylenes is 1. The van der Waals surface area contributed by atoms with Crippen LogP contribution in [-0.2, 0) is 0 Å². The summed E-state index contributed by atoms with van der Waals surface area (Å²) >= 11 is 0. The van der Waals surface area contributed by atoms with Gasteiger partial charge in [0.1, 0.15) is 5.69 Å². The number of aromatic carboxylic acids is 1. The lowest BCUT2D eigenvalue weighted by Crippen LogP contribution is -2.29. The average Bonchev–Trinajstić information content (AvgIpc) is 2.60. The third-order valence-corrected chi connectivity index (χ3v) is 1.97. The van der Waals surface area contributed by atoms with Crippen molar-refractivity contribution in [2.75, 3.05) is 11.9 Å². The molecule has 0 unspecified atom stereocenters. The Labute approximate surface area is 98.4 Å². The number of hydrogen-bond donors (Lipinski definition) is 4. The van der Waals surface area contributed by atoms with Crippen molar-refractivity contribution in [3.05, 3.63) is 17.5 Å². The van der Waals surface area contributed by atoms with Crippen LogP contribution in [0.15, 0.2) is 6.07 Å². The molecule has 0 radical (unpaired) electrons. The van der Waals surface area contributed by atoms with E-state index in [1.54, 1.807) is 13.0 Å². The van der Waals surface area contributed by atoms with Crippen LogP contribution in [0.4, 0.5) is 10.5 Å². The highest BCUT2D eigenvalue weighted by atomic mass is 16.4. The van der Waals surface area contributed by atoms with Crippen LogP contribution in [0.1, 0.15) is 22.6 Å². The Morgan fingerprint density at radius 2 is 2.29 bits per heavy atom. The second kappa shape index (κ2) is 5.61. The second-order valence-electron chi connectivity index (χ2n) is 3.38. The largest absolute Gasteiger partial charge is 0.477 e. The van der Waals surface area contributed by atoms with Crippen molar-refractivity contribution in [3.8, 4) is 12.3 Å². The van der Waals surface area contributed by atoms with Crippen molar-refractivity contribution in [1.82, 2.24) is 10.3 Å². The van der Waals surface area contributed by atoms with Gasteiger partial charge in [-0.05, 0) is 13.0 Å². The number of aromatic nitrogens is 1. The molecule has 1 aromatic heterocycles.